The molecule has 0 atom stereocenters. The number of amides is 2. The van der Waals surface area contributed by atoms with Gasteiger partial charge in [-0.2, -0.15) is 5.10 Å². The molecule has 0 spiro atoms. The Labute approximate surface area is 205 Å². The van der Waals surface area contributed by atoms with Crippen molar-refractivity contribution in [2.24, 2.45) is 5.10 Å². The van der Waals surface area contributed by atoms with Crippen LogP contribution in [0, 0.1) is 13.8 Å². The first-order chi connectivity index (χ1) is 16.5. The van der Waals surface area contributed by atoms with Crippen molar-refractivity contribution >= 4 is 38.9 Å². The molecule has 3 aromatic carbocycles. The van der Waals surface area contributed by atoms with Gasteiger partial charge in [0, 0.05) is 11.3 Å². The summed E-state index contributed by atoms with van der Waals surface area (Å²) in [5.41, 5.74) is 6.95. The minimum atomic E-state index is -3.69. The zero-order valence-electron chi connectivity index (χ0n) is 20.1. The van der Waals surface area contributed by atoms with E-state index in [2.05, 4.69) is 15.8 Å². The fourth-order valence-electron chi connectivity index (χ4n) is 3.33. The fourth-order valence-corrected chi connectivity index (χ4v) is 4.24. The van der Waals surface area contributed by atoms with E-state index in [9.17, 15) is 18.0 Å². The van der Waals surface area contributed by atoms with Crippen molar-refractivity contribution < 1.29 is 18.0 Å². The van der Waals surface area contributed by atoms with Crippen LogP contribution in [0.25, 0.3) is 0 Å². The second-order valence-electron chi connectivity index (χ2n) is 8.19. The second-order valence-corrected chi connectivity index (χ2v) is 10.1. The molecule has 0 unspecified atom stereocenters. The summed E-state index contributed by atoms with van der Waals surface area (Å²) >= 11 is 0. The molecule has 0 aliphatic rings. The highest BCUT2D eigenvalue weighted by Crippen LogP contribution is 2.23. The molecular formula is C26H28N4O4S. The predicted octanol–water partition coefficient (Wildman–Crippen LogP) is 3.86. The topological polar surface area (TPSA) is 108 Å². The molecule has 0 aliphatic carbocycles. The van der Waals surface area contributed by atoms with Gasteiger partial charge in [0.25, 0.3) is 11.8 Å². The number of hydrogen-bond donors (Lipinski definition) is 2. The number of hydrazone groups is 1. The minimum Gasteiger partial charge on any atom is -0.322 e. The molecule has 0 heterocycles. The van der Waals surface area contributed by atoms with E-state index in [1.807, 2.05) is 25.1 Å². The van der Waals surface area contributed by atoms with Gasteiger partial charge < -0.3 is 5.32 Å². The van der Waals surface area contributed by atoms with Crippen LogP contribution in [0.5, 0.6) is 0 Å². The summed E-state index contributed by atoms with van der Waals surface area (Å²) < 4.78 is 25.8. The molecule has 0 aromatic heterocycles. The number of benzene rings is 3. The Hall–Kier alpha value is -3.98. The largest absolute Gasteiger partial charge is 0.322 e. The van der Waals surface area contributed by atoms with Crippen LogP contribution in [0.4, 0.5) is 11.4 Å². The normalized spacial score (nSPS) is 11.6. The van der Waals surface area contributed by atoms with Crippen LogP contribution >= 0.6 is 0 Å². The number of nitrogens with zero attached hydrogens (tertiary/aromatic N) is 2. The van der Waals surface area contributed by atoms with Crippen molar-refractivity contribution in [1.82, 2.24) is 5.43 Å². The Balaban J connectivity index is 1.66. The lowest BCUT2D eigenvalue weighted by Gasteiger charge is -2.23. The van der Waals surface area contributed by atoms with Gasteiger partial charge in [0.05, 0.1) is 17.7 Å². The maximum absolute atomic E-state index is 12.5. The fraction of sp³-hybridized carbons (Fsp3) is 0.192. The quantitative estimate of drug-likeness (QED) is 0.368. The van der Waals surface area contributed by atoms with E-state index in [4.69, 9.17) is 0 Å². The average Bonchev–Trinajstić information content (AvgIpc) is 2.83. The molecule has 35 heavy (non-hydrogen) atoms. The standard InChI is InChI=1S/C26H28N4O4S/c1-18-10-11-19(2)24(16-18)30(35(4,33)34)17-25(31)29-28-20(3)21-12-14-23(15-13-21)27-26(32)22-8-6-5-7-9-22/h5-16H,17H2,1-4H3,(H,27,32)(H,29,31). The molecule has 0 fully saturated rings. The molecule has 9 heteroatoms. The van der Waals surface area contributed by atoms with E-state index in [-0.39, 0.29) is 5.91 Å². The van der Waals surface area contributed by atoms with E-state index in [0.717, 1.165) is 27.3 Å². The molecule has 0 saturated carbocycles. The predicted molar refractivity (Wildman–Crippen MR) is 139 cm³/mol. The summed E-state index contributed by atoms with van der Waals surface area (Å²) in [6.45, 7) is 4.97. The summed E-state index contributed by atoms with van der Waals surface area (Å²) in [7, 11) is -3.69. The van der Waals surface area contributed by atoms with Crippen LogP contribution in [0.2, 0.25) is 0 Å². The van der Waals surface area contributed by atoms with Crippen LogP contribution in [0.15, 0.2) is 77.9 Å². The van der Waals surface area contributed by atoms with Crippen molar-refractivity contribution in [3.63, 3.8) is 0 Å². The van der Waals surface area contributed by atoms with Crippen molar-refractivity contribution in [3.05, 3.63) is 95.1 Å². The number of sulfonamides is 1. The SMILES string of the molecule is CC(=NNC(=O)CN(c1cc(C)ccc1C)S(C)(=O)=O)c1ccc(NC(=O)c2ccccc2)cc1. The van der Waals surface area contributed by atoms with E-state index in [1.54, 1.807) is 68.4 Å². The van der Waals surface area contributed by atoms with E-state index in [1.165, 1.54) is 0 Å². The number of anilines is 2. The molecule has 0 saturated heterocycles. The third kappa shape index (κ3) is 7.00. The number of nitrogens with one attached hydrogen (secondary N) is 2. The molecule has 3 rings (SSSR count). The molecule has 0 bridgehead atoms. The molecule has 2 amide bonds. The number of carbonyl (C=O) groups is 2. The molecule has 0 aliphatic heterocycles. The van der Waals surface area contributed by atoms with Gasteiger partial charge in [-0.1, -0.05) is 42.5 Å². The molecule has 3 aromatic rings. The third-order valence-electron chi connectivity index (χ3n) is 5.27. The monoisotopic (exact) mass is 492 g/mol. The lowest BCUT2D eigenvalue weighted by Crippen LogP contribution is -2.39. The van der Waals surface area contributed by atoms with Gasteiger partial charge in [-0.15, -0.1) is 0 Å². The van der Waals surface area contributed by atoms with Crippen LogP contribution < -0.4 is 15.0 Å². The Kier molecular flexibility index (Phi) is 8.03. The number of rotatable bonds is 8. The first-order valence-corrected chi connectivity index (χ1v) is 12.7. The van der Waals surface area contributed by atoms with E-state index >= 15 is 0 Å². The highest BCUT2D eigenvalue weighted by Gasteiger charge is 2.22. The number of aryl methyl sites for hydroxylation is 2. The maximum atomic E-state index is 12.5. The van der Waals surface area contributed by atoms with Gasteiger partial charge in [0.2, 0.25) is 10.0 Å². The average molecular weight is 493 g/mol. The summed E-state index contributed by atoms with van der Waals surface area (Å²) in [5.74, 6) is -0.780. The smallest absolute Gasteiger partial charge is 0.260 e. The molecule has 2 N–H and O–H groups in total. The van der Waals surface area contributed by atoms with Crippen LogP contribution in [-0.4, -0.2) is 38.7 Å². The summed E-state index contributed by atoms with van der Waals surface area (Å²) in [6.07, 6.45) is 1.06. The van der Waals surface area contributed by atoms with Crippen molar-refractivity contribution in [2.45, 2.75) is 20.8 Å². The lowest BCUT2D eigenvalue weighted by molar-refractivity contribution is -0.119. The molecule has 8 nitrogen and oxygen atoms in total. The van der Waals surface area contributed by atoms with Gasteiger partial charge in [0.15, 0.2) is 0 Å². The van der Waals surface area contributed by atoms with Crippen LogP contribution in [-0.2, 0) is 14.8 Å². The Morgan fingerprint density at radius 3 is 2.20 bits per heavy atom. The van der Waals surface area contributed by atoms with Crippen LogP contribution in [0.3, 0.4) is 0 Å². The molecular weight excluding hydrogens is 464 g/mol. The van der Waals surface area contributed by atoms with Crippen molar-refractivity contribution in [2.75, 3.05) is 22.4 Å². The highest BCUT2D eigenvalue weighted by atomic mass is 32.2. The Morgan fingerprint density at radius 2 is 1.57 bits per heavy atom. The zero-order valence-corrected chi connectivity index (χ0v) is 20.9. The van der Waals surface area contributed by atoms with E-state index < -0.39 is 22.5 Å². The zero-order chi connectivity index (χ0) is 25.6. The Bertz CT molecular complexity index is 1350. The van der Waals surface area contributed by atoms with Gasteiger partial charge in [-0.25, -0.2) is 13.8 Å². The summed E-state index contributed by atoms with van der Waals surface area (Å²) in [5, 5.41) is 6.93. The lowest BCUT2D eigenvalue weighted by atomic mass is 10.1. The first kappa shape index (κ1) is 25.6. The Morgan fingerprint density at radius 1 is 0.914 bits per heavy atom. The van der Waals surface area contributed by atoms with Gasteiger partial charge in [-0.05, 0) is 67.8 Å². The maximum Gasteiger partial charge on any atom is 0.260 e. The molecule has 0 radical (unpaired) electrons. The van der Waals surface area contributed by atoms with E-state index in [0.29, 0.717) is 22.6 Å². The first-order valence-electron chi connectivity index (χ1n) is 10.9. The summed E-state index contributed by atoms with van der Waals surface area (Å²) in [4.78, 5) is 24.8. The number of hydrogen-bond acceptors (Lipinski definition) is 5. The van der Waals surface area contributed by atoms with Gasteiger partial charge >= 0.3 is 0 Å². The van der Waals surface area contributed by atoms with Crippen molar-refractivity contribution in [1.29, 1.82) is 0 Å². The summed E-state index contributed by atoms with van der Waals surface area (Å²) in [6, 6.07) is 21.3. The third-order valence-corrected chi connectivity index (χ3v) is 6.39. The number of carbonyl (C=O) groups excluding carboxylic acids is 2. The highest BCUT2D eigenvalue weighted by molar-refractivity contribution is 7.92. The van der Waals surface area contributed by atoms with Crippen molar-refractivity contribution in [3.8, 4) is 0 Å². The van der Waals surface area contributed by atoms with Crippen LogP contribution in [0.1, 0.15) is 34.0 Å². The molecule has 182 valence electrons. The second kappa shape index (κ2) is 11.0. The van der Waals surface area contributed by atoms with Gasteiger partial charge in [0.1, 0.15) is 6.54 Å². The minimum absolute atomic E-state index is 0.213. The van der Waals surface area contributed by atoms with Gasteiger partial charge in [-0.3, -0.25) is 13.9 Å².